The normalized spacial score (nSPS) is 12.6. The lowest BCUT2D eigenvalue weighted by Crippen LogP contribution is -2.23. The Balaban J connectivity index is 2.02. The minimum atomic E-state index is -0.167. The maximum Gasteiger partial charge on any atom is 0.323 e. The van der Waals surface area contributed by atoms with E-state index in [0.29, 0.717) is 0 Å². The maximum atomic E-state index is 11.4. The molecule has 0 fully saturated rings. The van der Waals surface area contributed by atoms with Crippen LogP contribution in [0.15, 0.2) is 53.3 Å². The van der Waals surface area contributed by atoms with E-state index in [0.717, 1.165) is 29.6 Å². The van der Waals surface area contributed by atoms with Crippen molar-refractivity contribution in [1.82, 2.24) is 15.3 Å². The predicted molar refractivity (Wildman–Crippen MR) is 85.5 cm³/mol. The van der Waals surface area contributed by atoms with E-state index in [1.807, 2.05) is 30.3 Å². The number of hydrogen-bond acceptors (Lipinski definition) is 2. The summed E-state index contributed by atoms with van der Waals surface area (Å²) < 4.78 is 0. The Morgan fingerprint density at radius 3 is 2.52 bits per heavy atom. The molecule has 0 saturated heterocycles. The van der Waals surface area contributed by atoms with E-state index >= 15 is 0 Å². The number of nitrogens with one attached hydrogen (secondary N) is 3. The topological polar surface area (TPSA) is 60.7 Å². The second kappa shape index (κ2) is 5.97. The first kappa shape index (κ1) is 13.6. The minimum Gasteiger partial charge on any atom is -0.306 e. The third-order valence-electron chi connectivity index (χ3n) is 3.60. The SMILES string of the molecule is CCCNC(c1ccccc1)c1ccc2[nH]c(=O)[nH]c2c1. The zero-order valence-corrected chi connectivity index (χ0v) is 12.0. The number of aromatic nitrogens is 2. The van der Waals surface area contributed by atoms with Gasteiger partial charge in [-0.15, -0.1) is 0 Å². The Morgan fingerprint density at radius 2 is 1.76 bits per heavy atom. The molecule has 108 valence electrons. The molecular weight excluding hydrogens is 262 g/mol. The van der Waals surface area contributed by atoms with Crippen molar-refractivity contribution in [2.45, 2.75) is 19.4 Å². The van der Waals surface area contributed by atoms with Crippen molar-refractivity contribution in [3.63, 3.8) is 0 Å². The fourth-order valence-corrected chi connectivity index (χ4v) is 2.59. The van der Waals surface area contributed by atoms with E-state index in [-0.39, 0.29) is 11.7 Å². The third-order valence-corrected chi connectivity index (χ3v) is 3.60. The van der Waals surface area contributed by atoms with Gasteiger partial charge in [0.15, 0.2) is 0 Å². The molecule has 21 heavy (non-hydrogen) atoms. The summed E-state index contributed by atoms with van der Waals surface area (Å²) >= 11 is 0. The summed E-state index contributed by atoms with van der Waals surface area (Å²) in [4.78, 5) is 17.0. The van der Waals surface area contributed by atoms with Gasteiger partial charge in [-0.05, 0) is 36.2 Å². The van der Waals surface area contributed by atoms with E-state index in [2.05, 4.69) is 40.4 Å². The minimum absolute atomic E-state index is 0.133. The summed E-state index contributed by atoms with van der Waals surface area (Å²) in [5.74, 6) is 0. The first-order chi connectivity index (χ1) is 10.3. The monoisotopic (exact) mass is 281 g/mol. The average molecular weight is 281 g/mol. The van der Waals surface area contributed by atoms with Crippen molar-refractivity contribution < 1.29 is 0 Å². The van der Waals surface area contributed by atoms with Gasteiger partial charge in [-0.1, -0.05) is 43.3 Å². The van der Waals surface area contributed by atoms with E-state index in [1.54, 1.807) is 0 Å². The van der Waals surface area contributed by atoms with E-state index < -0.39 is 0 Å². The van der Waals surface area contributed by atoms with E-state index in [1.165, 1.54) is 5.56 Å². The van der Waals surface area contributed by atoms with Crippen LogP contribution in [0.1, 0.15) is 30.5 Å². The molecule has 1 atom stereocenters. The summed E-state index contributed by atoms with van der Waals surface area (Å²) in [6, 6.07) is 16.5. The van der Waals surface area contributed by atoms with Crippen LogP contribution in [0.2, 0.25) is 0 Å². The molecule has 4 nitrogen and oxygen atoms in total. The van der Waals surface area contributed by atoms with E-state index in [9.17, 15) is 4.79 Å². The molecule has 0 spiro atoms. The molecule has 0 aliphatic rings. The standard InChI is InChI=1S/C17H19N3O/c1-2-10-18-16(12-6-4-3-5-7-12)13-8-9-14-15(11-13)20-17(21)19-14/h3-9,11,16,18H,2,10H2,1H3,(H2,19,20,21). The van der Waals surface area contributed by atoms with Crippen molar-refractivity contribution in [3.8, 4) is 0 Å². The fourth-order valence-electron chi connectivity index (χ4n) is 2.59. The van der Waals surface area contributed by atoms with Gasteiger partial charge in [-0.25, -0.2) is 4.79 Å². The highest BCUT2D eigenvalue weighted by Crippen LogP contribution is 2.24. The number of fused-ring (bicyclic) bond motifs is 1. The average Bonchev–Trinajstić information content (AvgIpc) is 2.88. The Morgan fingerprint density at radius 1 is 1.00 bits per heavy atom. The lowest BCUT2D eigenvalue weighted by Gasteiger charge is -2.19. The molecule has 3 rings (SSSR count). The molecule has 3 aromatic rings. The van der Waals surface area contributed by atoms with Crippen LogP contribution in [0.25, 0.3) is 11.0 Å². The first-order valence-electron chi connectivity index (χ1n) is 7.28. The van der Waals surface area contributed by atoms with Gasteiger partial charge < -0.3 is 15.3 Å². The van der Waals surface area contributed by atoms with E-state index in [4.69, 9.17) is 0 Å². The summed E-state index contributed by atoms with van der Waals surface area (Å²) in [6.07, 6.45) is 1.08. The van der Waals surface area contributed by atoms with Gasteiger partial charge in [-0.3, -0.25) is 0 Å². The number of H-pyrrole nitrogens is 2. The second-order valence-corrected chi connectivity index (χ2v) is 5.18. The molecule has 1 heterocycles. The summed E-state index contributed by atoms with van der Waals surface area (Å²) in [5, 5.41) is 3.57. The maximum absolute atomic E-state index is 11.4. The Hall–Kier alpha value is -2.33. The van der Waals surface area contributed by atoms with Crippen LogP contribution in [0.3, 0.4) is 0 Å². The Labute approximate surface area is 123 Å². The van der Waals surface area contributed by atoms with Gasteiger partial charge in [-0.2, -0.15) is 0 Å². The van der Waals surface area contributed by atoms with Crippen LogP contribution in [-0.4, -0.2) is 16.5 Å². The molecule has 0 saturated carbocycles. The van der Waals surface area contributed by atoms with Crippen LogP contribution in [0, 0.1) is 0 Å². The van der Waals surface area contributed by atoms with Gasteiger partial charge in [0.25, 0.3) is 0 Å². The van der Waals surface area contributed by atoms with Crippen LogP contribution in [0.5, 0.6) is 0 Å². The van der Waals surface area contributed by atoms with Gasteiger partial charge in [0.05, 0.1) is 17.1 Å². The highest BCUT2D eigenvalue weighted by Gasteiger charge is 2.13. The second-order valence-electron chi connectivity index (χ2n) is 5.18. The molecule has 0 aliphatic carbocycles. The predicted octanol–water partition coefficient (Wildman–Crippen LogP) is 2.95. The molecule has 0 amide bonds. The number of rotatable bonds is 5. The van der Waals surface area contributed by atoms with Crippen LogP contribution < -0.4 is 11.0 Å². The van der Waals surface area contributed by atoms with Gasteiger partial charge in [0, 0.05) is 0 Å². The smallest absolute Gasteiger partial charge is 0.306 e. The molecule has 1 aromatic heterocycles. The third kappa shape index (κ3) is 2.90. The van der Waals surface area contributed by atoms with Crippen LogP contribution in [0.4, 0.5) is 0 Å². The lowest BCUT2D eigenvalue weighted by molar-refractivity contribution is 0.599. The molecular formula is C17H19N3O. The van der Waals surface area contributed by atoms with Gasteiger partial charge in [0.1, 0.15) is 0 Å². The largest absolute Gasteiger partial charge is 0.323 e. The zero-order chi connectivity index (χ0) is 14.7. The van der Waals surface area contributed by atoms with Gasteiger partial charge in [0.2, 0.25) is 0 Å². The van der Waals surface area contributed by atoms with Crippen molar-refractivity contribution in [1.29, 1.82) is 0 Å². The van der Waals surface area contributed by atoms with Crippen molar-refractivity contribution in [2.75, 3.05) is 6.54 Å². The quantitative estimate of drug-likeness (QED) is 0.673. The molecule has 3 N–H and O–H groups in total. The molecule has 0 radical (unpaired) electrons. The Bertz CT molecular complexity index is 773. The van der Waals surface area contributed by atoms with Crippen LogP contribution in [-0.2, 0) is 0 Å². The van der Waals surface area contributed by atoms with Crippen LogP contribution >= 0.6 is 0 Å². The summed E-state index contributed by atoms with van der Waals surface area (Å²) in [7, 11) is 0. The summed E-state index contributed by atoms with van der Waals surface area (Å²) in [6.45, 7) is 3.10. The van der Waals surface area contributed by atoms with Crippen molar-refractivity contribution in [3.05, 3.63) is 70.1 Å². The highest BCUT2D eigenvalue weighted by molar-refractivity contribution is 5.75. The molecule has 0 aliphatic heterocycles. The molecule has 4 heteroatoms. The summed E-state index contributed by atoms with van der Waals surface area (Å²) in [5.41, 5.74) is 3.89. The first-order valence-corrected chi connectivity index (χ1v) is 7.28. The number of hydrogen-bond donors (Lipinski definition) is 3. The zero-order valence-electron chi connectivity index (χ0n) is 12.0. The fraction of sp³-hybridized carbons (Fsp3) is 0.235. The highest BCUT2D eigenvalue weighted by atomic mass is 16.1. The molecule has 0 bridgehead atoms. The van der Waals surface area contributed by atoms with Crippen molar-refractivity contribution in [2.24, 2.45) is 0 Å². The number of benzene rings is 2. The number of aromatic amines is 2. The lowest BCUT2D eigenvalue weighted by atomic mass is 9.98. The van der Waals surface area contributed by atoms with Crippen molar-refractivity contribution >= 4 is 11.0 Å². The van der Waals surface area contributed by atoms with Gasteiger partial charge >= 0.3 is 5.69 Å². The molecule has 1 unspecified atom stereocenters. The Kier molecular flexibility index (Phi) is 3.88. The molecule has 2 aromatic carbocycles. The number of imidazole rings is 1.